The smallest absolute Gasteiger partial charge is 0.266 e. The molecule has 142 valence electrons. The third-order valence-corrected chi connectivity index (χ3v) is 5.04. The summed E-state index contributed by atoms with van der Waals surface area (Å²) < 4.78 is 12.0. The lowest BCUT2D eigenvalue weighted by Gasteiger charge is -2.22. The Hall–Kier alpha value is -2.64. The molecule has 0 aliphatic heterocycles. The van der Waals surface area contributed by atoms with Crippen LogP contribution in [-0.2, 0) is 4.79 Å². The average Bonchev–Trinajstić information content (AvgIpc) is 3.11. The number of carbonyl (C=O) groups excluding carboxylic acids is 1. The van der Waals surface area contributed by atoms with Crippen molar-refractivity contribution in [1.82, 2.24) is 9.88 Å². The van der Waals surface area contributed by atoms with E-state index in [2.05, 4.69) is 4.98 Å². The number of rotatable bonds is 8. The maximum absolute atomic E-state index is 12.9. The van der Waals surface area contributed by atoms with Gasteiger partial charge in [-0.2, -0.15) is 0 Å². The predicted molar refractivity (Wildman–Crippen MR) is 109 cm³/mol. The van der Waals surface area contributed by atoms with Crippen molar-refractivity contribution in [2.45, 2.75) is 0 Å². The van der Waals surface area contributed by atoms with Crippen LogP contribution in [0.15, 0.2) is 48.5 Å². The summed E-state index contributed by atoms with van der Waals surface area (Å²) in [6, 6.07) is 15.1. The van der Waals surface area contributed by atoms with E-state index < -0.39 is 0 Å². The van der Waals surface area contributed by atoms with E-state index in [1.54, 1.807) is 12.0 Å². The van der Waals surface area contributed by atoms with Gasteiger partial charge in [0.25, 0.3) is 5.91 Å². The van der Waals surface area contributed by atoms with Crippen LogP contribution in [0.5, 0.6) is 11.5 Å². The molecule has 0 atom stereocenters. The van der Waals surface area contributed by atoms with Gasteiger partial charge >= 0.3 is 0 Å². The van der Waals surface area contributed by atoms with Gasteiger partial charge in [-0.3, -0.25) is 9.69 Å². The Morgan fingerprint density at radius 1 is 1.07 bits per heavy atom. The predicted octanol–water partition coefficient (Wildman–Crippen LogP) is 3.28. The second-order valence-corrected chi connectivity index (χ2v) is 7.26. The van der Waals surface area contributed by atoms with Gasteiger partial charge in [-0.25, -0.2) is 4.98 Å². The number of fused-ring (bicyclic) bond motifs is 1. The van der Waals surface area contributed by atoms with Crippen molar-refractivity contribution in [2.75, 3.05) is 45.8 Å². The van der Waals surface area contributed by atoms with Crippen LogP contribution in [0.2, 0.25) is 0 Å². The Morgan fingerprint density at radius 2 is 1.85 bits per heavy atom. The summed E-state index contributed by atoms with van der Waals surface area (Å²) in [5.74, 6) is 1.25. The number of benzene rings is 2. The molecule has 0 aliphatic rings. The summed E-state index contributed by atoms with van der Waals surface area (Å²) in [5, 5.41) is 0.651. The molecular formula is C20H23N3O3S. The molecule has 3 aromatic rings. The standard InChI is InChI=1S/C20H23N3O3S/c1-22(2)12-13-23(18(24)14-26-15-8-5-4-6-9-15)20-21-19-16(25-3)10-7-11-17(19)27-20/h4-11H,12-14H2,1-3H3. The van der Waals surface area contributed by atoms with Gasteiger partial charge in [-0.15, -0.1) is 0 Å². The Bertz CT molecular complexity index is 896. The third-order valence-electron chi connectivity index (χ3n) is 4.00. The number of hydrogen-bond donors (Lipinski definition) is 0. The fourth-order valence-corrected chi connectivity index (χ4v) is 3.58. The van der Waals surface area contributed by atoms with Gasteiger partial charge in [-0.1, -0.05) is 35.6 Å². The molecule has 0 saturated carbocycles. The molecule has 1 aromatic heterocycles. The molecule has 3 rings (SSSR count). The van der Waals surface area contributed by atoms with E-state index in [9.17, 15) is 4.79 Å². The molecule has 6 nitrogen and oxygen atoms in total. The molecule has 1 heterocycles. The number of amides is 1. The summed E-state index contributed by atoms with van der Waals surface area (Å²) in [7, 11) is 5.57. The molecule has 0 N–H and O–H groups in total. The minimum atomic E-state index is -0.126. The van der Waals surface area contributed by atoms with Crippen LogP contribution in [0.4, 0.5) is 5.13 Å². The van der Waals surface area contributed by atoms with E-state index in [0.29, 0.717) is 23.2 Å². The average molecular weight is 385 g/mol. The fraction of sp³-hybridized carbons (Fsp3) is 0.300. The number of carbonyl (C=O) groups is 1. The van der Waals surface area contributed by atoms with E-state index in [1.807, 2.05) is 67.5 Å². The maximum Gasteiger partial charge on any atom is 0.266 e. The molecule has 2 aromatic carbocycles. The lowest BCUT2D eigenvalue weighted by Crippen LogP contribution is -2.39. The number of thiazole rings is 1. The van der Waals surface area contributed by atoms with Crippen LogP contribution in [0, 0.1) is 0 Å². The van der Waals surface area contributed by atoms with E-state index in [0.717, 1.165) is 16.8 Å². The summed E-state index contributed by atoms with van der Waals surface area (Å²) in [6.45, 7) is 1.22. The van der Waals surface area contributed by atoms with Crippen molar-refractivity contribution in [3.8, 4) is 11.5 Å². The molecule has 7 heteroatoms. The molecule has 1 amide bonds. The topological polar surface area (TPSA) is 54.9 Å². The number of ether oxygens (including phenoxy) is 2. The van der Waals surface area contributed by atoms with E-state index in [-0.39, 0.29) is 12.5 Å². The highest BCUT2D eigenvalue weighted by molar-refractivity contribution is 7.22. The van der Waals surface area contributed by atoms with E-state index in [4.69, 9.17) is 9.47 Å². The van der Waals surface area contributed by atoms with Crippen LogP contribution in [0.1, 0.15) is 0 Å². The zero-order valence-electron chi connectivity index (χ0n) is 15.7. The Balaban J connectivity index is 1.83. The number of hydrogen-bond acceptors (Lipinski definition) is 6. The van der Waals surface area contributed by atoms with Crippen molar-refractivity contribution in [2.24, 2.45) is 0 Å². The minimum Gasteiger partial charge on any atom is -0.494 e. The van der Waals surface area contributed by atoms with Gasteiger partial charge in [0.2, 0.25) is 0 Å². The first-order valence-electron chi connectivity index (χ1n) is 8.65. The molecular weight excluding hydrogens is 362 g/mol. The number of nitrogens with zero attached hydrogens (tertiary/aromatic N) is 3. The number of anilines is 1. The van der Waals surface area contributed by atoms with Crippen molar-refractivity contribution >= 4 is 32.6 Å². The molecule has 0 bridgehead atoms. The first-order chi connectivity index (χ1) is 13.1. The van der Waals surface area contributed by atoms with Gasteiger partial charge in [-0.05, 0) is 38.4 Å². The third kappa shape index (κ3) is 4.75. The molecule has 0 radical (unpaired) electrons. The van der Waals surface area contributed by atoms with Gasteiger partial charge in [0, 0.05) is 13.1 Å². The lowest BCUT2D eigenvalue weighted by atomic mass is 10.3. The van der Waals surface area contributed by atoms with Gasteiger partial charge in [0.15, 0.2) is 11.7 Å². The molecule has 27 heavy (non-hydrogen) atoms. The van der Waals surface area contributed by atoms with Crippen molar-refractivity contribution in [1.29, 1.82) is 0 Å². The number of likely N-dealkylation sites (N-methyl/N-ethyl adjacent to an activating group) is 1. The summed E-state index contributed by atoms with van der Waals surface area (Å²) >= 11 is 1.48. The number of aromatic nitrogens is 1. The number of methoxy groups -OCH3 is 1. The minimum absolute atomic E-state index is 0.0372. The second-order valence-electron chi connectivity index (χ2n) is 6.25. The lowest BCUT2D eigenvalue weighted by molar-refractivity contribution is -0.120. The maximum atomic E-state index is 12.9. The highest BCUT2D eigenvalue weighted by Gasteiger charge is 2.21. The highest BCUT2D eigenvalue weighted by Crippen LogP contribution is 2.34. The fourth-order valence-electron chi connectivity index (χ4n) is 2.56. The van der Waals surface area contributed by atoms with Crippen LogP contribution in [0.25, 0.3) is 10.2 Å². The van der Waals surface area contributed by atoms with E-state index in [1.165, 1.54) is 11.3 Å². The highest BCUT2D eigenvalue weighted by atomic mass is 32.1. The van der Waals surface area contributed by atoms with Crippen LogP contribution < -0.4 is 14.4 Å². The van der Waals surface area contributed by atoms with Crippen LogP contribution in [0.3, 0.4) is 0 Å². The Kier molecular flexibility index (Phi) is 6.26. The first kappa shape index (κ1) is 19.1. The van der Waals surface area contributed by atoms with Gasteiger partial charge in [0.05, 0.1) is 11.8 Å². The van der Waals surface area contributed by atoms with Crippen molar-refractivity contribution in [3.05, 3.63) is 48.5 Å². The largest absolute Gasteiger partial charge is 0.494 e. The molecule has 0 fully saturated rings. The molecule has 0 aliphatic carbocycles. The molecule has 0 unspecified atom stereocenters. The number of para-hydroxylation sites is 2. The van der Waals surface area contributed by atoms with Crippen molar-refractivity contribution < 1.29 is 14.3 Å². The SMILES string of the molecule is COc1cccc2sc(N(CCN(C)C)C(=O)COc3ccccc3)nc12. The normalized spacial score (nSPS) is 11.0. The second kappa shape index (κ2) is 8.83. The van der Waals surface area contributed by atoms with E-state index >= 15 is 0 Å². The molecule has 0 saturated heterocycles. The quantitative estimate of drug-likeness (QED) is 0.596. The monoisotopic (exact) mass is 385 g/mol. The van der Waals surface area contributed by atoms with Crippen LogP contribution >= 0.6 is 11.3 Å². The Labute approximate surface area is 162 Å². The zero-order valence-corrected chi connectivity index (χ0v) is 16.5. The Morgan fingerprint density at radius 3 is 2.56 bits per heavy atom. The van der Waals surface area contributed by atoms with Crippen LogP contribution in [-0.4, -0.2) is 56.7 Å². The van der Waals surface area contributed by atoms with Crippen molar-refractivity contribution in [3.63, 3.8) is 0 Å². The van der Waals surface area contributed by atoms with Gasteiger partial charge in [0.1, 0.15) is 17.0 Å². The molecule has 0 spiro atoms. The summed E-state index contributed by atoms with van der Waals surface area (Å²) in [4.78, 5) is 21.3. The summed E-state index contributed by atoms with van der Waals surface area (Å²) in [6.07, 6.45) is 0. The van der Waals surface area contributed by atoms with Gasteiger partial charge < -0.3 is 14.4 Å². The first-order valence-corrected chi connectivity index (χ1v) is 9.46. The summed E-state index contributed by atoms with van der Waals surface area (Å²) in [5.41, 5.74) is 0.770. The zero-order chi connectivity index (χ0) is 19.2.